The van der Waals surface area contributed by atoms with Gasteiger partial charge in [0.05, 0.1) is 31.1 Å². The quantitative estimate of drug-likeness (QED) is 0.678. The fourth-order valence-corrected chi connectivity index (χ4v) is 5.34. The first kappa shape index (κ1) is 18.8. The molecular formula is C24H28N6O. The van der Waals surface area contributed by atoms with Crippen molar-refractivity contribution in [2.45, 2.75) is 31.7 Å². The molecule has 4 heterocycles. The number of hydrogen-bond acceptors (Lipinski definition) is 6. The zero-order chi connectivity index (χ0) is 20.8. The number of rotatable bonds is 3. The molecule has 1 aromatic carbocycles. The third kappa shape index (κ3) is 3.37. The third-order valence-corrected chi connectivity index (χ3v) is 7.04. The average Bonchev–Trinajstić information content (AvgIpc) is 3.29. The molecule has 2 fully saturated rings. The lowest BCUT2D eigenvalue weighted by Crippen LogP contribution is -2.56. The summed E-state index contributed by atoms with van der Waals surface area (Å²) in [7, 11) is 0. The molecule has 2 aromatic heterocycles. The number of nitrogens with one attached hydrogen (secondary N) is 2. The minimum Gasteiger partial charge on any atom is -0.377 e. The van der Waals surface area contributed by atoms with Crippen molar-refractivity contribution < 1.29 is 4.74 Å². The Balaban J connectivity index is 1.38. The molecule has 0 spiro atoms. The van der Waals surface area contributed by atoms with E-state index in [1.54, 1.807) is 0 Å². The number of aromatic amines is 1. The van der Waals surface area contributed by atoms with Crippen LogP contribution in [0.4, 0.5) is 11.5 Å². The van der Waals surface area contributed by atoms with Crippen LogP contribution < -0.4 is 9.80 Å². The second-order valence-electron chi connectivity index (χ2n) is 9.02. The fraction of sp³-hybridized carbons (Fsp3) is 0.458. The van der Waals surface area contributed by atoms with E-state index in [2.05, 4.69) is 39.0 Å². The molecule has 7 nitrogen and oxygen atoms in total. The van der Waals surface area contributed by atoms with E-state index in [0.29, 0.717) is 12.0 Å². The lowest BCUT2D eigenvalue weighted by atomic mass is 9.87. The summed E-state index contributed by atoms with van der Waals surface area (Å²) in [5.74, 6) is 2.45. The number of H-pyrrole nitrogens is 1. The SMILES string of the molecule is N=C1CCC(CN2CC3COCCN3c3nc(-c4cccc5[nH]ccc45)ncc32)CC1. The van der Waals surface area contributed by atoms with Crippen molar-refractivity contribution in [3.8, 4) is 11.4 Å². The molecule has 6 rings (SSSR count). The van der Waals surface area contributed by atoms with E-state index in [-0.39, 0.29) is 0 Å². The standard InChI is InChI=1S/C24H28N6O/c25-17-6-4-16(5-7-17)13-29-14-18-15-31-11-10-30(18)24-22(29)12-27-23(28-24)20-2-1-3-21-19(20)8-9-26-21/h1-3,8-9,12,16,18,25-26H,4-7,10-11,13-15H2. The van der Waals surface area contributed by atoms with Crippen LogP contribution in [0.5, 0.6) is 0 Å². The van der Waals surface area contributed by atoms with Gasteiger partial charge in [0.25, 0.3) is 0 Å². The molecule has 2 N–H and O–H groups in total. The fourth-order valence-electron chi connectivity index (χ4n) is 5.34. The minimum atomic E-state index is 0.328. The normalized spacial score (nSPS) is 23.7. The number of benzene rings is 1. The van der Waals surface area contributed by atoms with Gasteiger partial charge in [-0.05, 0) is 43.7 Å². The Morgan fingerprint density at radius 1 is 1.19 bits per heavy atom. The molecule has 0 amide bonds. The summed E-state index contributed by atoms with van der Waals surface area (Å²) in [6.45, 7) is 4.33. The van der Waals surface area contributed by atoms with Crippen LogP contribution >= 0.6 is 0 Å². The first-order valence-electron chi connectivity index (χ1n) is 11.4. The molecule has 1 aliphatic carbocycles. The zero-order valence-corrected chi connectivity index (χ0v) is 17.7. The zero-order valence-electron chi connectivity index (χ0n) is 17.7. The van der Waals surface area contributed by atoms with E-state index >= 15 is 0 Å². The van der Waals surface area contributed by atoms with Gasteiger partial charge in [0.15, 0.2) is 11.6 Å². The summed E-state index contributed by atoms with van der Waals surface area (Å²) >= 11 is 0. The number of morpholine rings is 1. The van der Waals surface area contributed by atoms with E-state index in [1.165, 1.54) is 0 Å². The lowest BCUT2D eigenvalue weighted by Gasteiger charge is -2.46. The summed E-state index contributed by atoms with van der Waals surface area (Å²) in [5.41, 5.74) is 4.22. The summed E-state index contributed by atoms with van der Waals surface area (Å²) in [4.78, 5) is 18.1. The predicted octanol–water partition coefficient (Wildman–Crippen LogP) is 3.86. The van der Waals surface area contributed by atoms with Gasteiger partial charge < -0.3 is 24.9 Å². The Labute approximate surface area is 181 Å². The van der Waals surface area contributed by atoms with Crippen molar-refractivity contribution in [2.24, 2.45) is 5.92 Å². The van der Waals surface area contributed by atoms with Gasteiger partial charge >= 0.3 is 0 Å². The van der Waals surface area contributed by atoms with Crippen molar-refractivity contribution in [1.82, 2.24) is 15.0 Å². The molecule has 3 aromatic rings. The van der Waals surface area contributed by atoms with Crippen LogP contribution in [0.25, 0.3) is 22.3 Å². The van der Waals surface area contributed by atoms with E-state index in [0.717, 1.165) is 98.0 Å². The van der Waals surface area contributed by atoms with Crippen molar-refractivity contribution in [2.75, 3.05) is 42.6 Å². The number of ether oxygens (including phenoxy) is 1. The maximum atomic E-state index is 7.93. The molecule has 31 heavy (non-hydrogen) atoms. The average molecular weight is 417 g/mol. The topological polar surface area (TPSA) is 81.1 Å². The minimum absolute atomic E-state index is 0.328. The summed E-state index contributed by atoms with van der Waals surface area (Å²) in [6.07, 6.45) is 8.12. The second-order valence-corrected chi connectivity index (χ2v) is 9.02. The van der Waals surface area contributed by atoms with Crippen molar-refractivity contribution >= 4 is 28.1 Å². The Bertz CT molecular complexity index is 1110. The highest BCUT2D eigenvalue weighted by atomic mass is 16.5. The monoisotopic (exact) mass is 416 g/mol. The largest absolute Gasteiger partial charge is 0.377 e. The van der Waals surface area contributed by atoms with Gasteiger partial charge in [0, 0.05) is 48.0 Å². The van der Waals surface area contributed by atoms with Crippen LogP contribution in [-0.4, -0.2) is 59.6 Å². The molecule has 1 saturated heterocycles. The van der Waals surface area contributed by atoms with Crippen molar-refractivity contribution in [3.63, 3.8) is 0 Å². The van der Waals surface area contributed by atoms with Crippen LogP contribution in [0, 0.1) is 11.3 Å². The predicted molar refractivity (Wildman–Crippen MR) is 123 cm³/mol. The number of nitrogens with zero attached hydrogens (tertiary/aromatic N) is 4. The van der Waals surface area contributed by atoms with E-state index in [1.807, 2.05) is 12.4 Å². The van der Waals surface area contributed by atoms with Gasteiger partial charge in [-0.3, -0.25) is 0 Å². The Morgan fingerprint density at radius 3 is 3.00 bits per heavy atom. The van der Waals surface area contributed by atoms with Gasteiger partial charge in [0.2, 0.25) is 0 Å². The number of aromatic nitrogens is 3. The third-order valence-electron chi connectivity index (χ3n) is 7.04. The second kappa shape index (κ2) is 7.64. The molecule has 2 aliphatic heterocycles. The molecule has 1 atom stereocenters. The number of hydrogen-bond donors (Lipinski definition) is 2. The van der Waals surface area contributed by atoms with Crippen LogP contribution in [-0.2, 0) is 4.74 Å². The highest BCUT2D eigenvalue weighted by Crippen LogP contribution is 2.38. The Kier molecular flexibility index (Phi) is 4.64. The van der Waals surface area contributed by atoms with Crippen molar-refractivity contribution in [1.29, 1.82) is 5.41 Å². The van der Waals surface area contributed by atoms with Crippen LogP contribution in [0.1, 0.15) is 25.7 Å². The Morgan fingerprint density at radius 2 is 2.10 bits per heavy atom. The maximum absolute atomic E-state index is 7.93. The molecule has 0 radical (unpaired) electrons. The molecule has 160 valence electrons. The van der Waals surface area contributed by atoms with Gasteiger partial charge in [0.1, 0.15) is 0 Å². The van der Waals surface area contributed by atoms with Gasteiger partial charge in [-0.2, -0.15) is 0 Å². The highest BCUT2D eigenvalue weighted by Gasteiger charge is 2.36. The molecular weight excluding hydrogens is 388 g/mol. The summed E-state index contributed by atoms with van der Waals surface area (Å²) < 4.78 is 5.82. The summed E-state index contributed by atoms with van der Waals surface area (Å²) in [6, 6.07) is 8.67. The lowest BCUT2D eigenvalue weighted by molar-refractivity contribution is 0.0933. The van der Waals surface area contributed by atoms with Crippen molar-refractivity contribution in [3.05, 3.63) is 36.7 Å². The summed E-state index contributed by atoms with van der Waals surface area (Å²) in [5, 5.41) is 9.08. The molecule has 1 unspecified atom stereocenters. The molecule has 0 bridgehead atoms. The smallest absolute Gasteiger partial charge is 0.162 e. The van der Waals surface area contributed by atoms with Gasteiger partial charge in [-0.25, -0.2) is 9.97 Å². The first-order valence-corrected chi connectivity index (χ1v) is 11.4. The van der Waals surface area contributed by atoms with Crippen LogP contribution in [0.15, 0.2) is 36.7 Å². The van der Waals surface area contributed by atoms with E-state index in [4.69, 9.17) is 20.1 Å². The first-order chi connectivity index (χ1) is 15.3. The van der Waals surface area contributed by atoms with Crippen LogP contribution in [0.2, 0.25) is 0 Å². The molecule has 3 aliphatic rings. The van der Waals surface area contributed by atoms with Crippen LogP contribution in [0.3, 0.4) is 0 Å². The van der Waals surface area contributed by atoms with E-state index < -0.39 is 0 Å². The Hall–Kier alpha value is -2.93. The van der Waals surface area contributed by atoms with Gasteiger partial charge in [-0.1, -0.05) is 12.1 Å². The highest BCUT2D eigenvalue weighted by molar-refractivity contribution is 5.93. The molecule has 7 heteroatoms. The van der Waals surface area contributed by atoms with E-state index in [9.17, 15) is 0 Å². The number of anilines is 2. The number of fused-ring (bicyclic) bond motifs is 4. The maximum Gasteiger partial charge on any atom is 0.162 e. The molecule has 1 saturated carbocycles. The van der Waals surface area contributed by atoms with Gasteiger partial charge in [-0.15, -0.1) is 0 Å².